The molecule has 1 aromatic rings. The fraction of sp³-hybridized carbons (Fsp3) is 0.571. The summed E-state index contributed by atoms with van der Waals surface area (Å²) in [6.07, 6.45) is 0. The summed E-state index contributed by atoms with van der Waals surface area (Å²) >= 11 is 3.37. The van der Waals surface area contributed by atoms with E-state index in [2.05, 4.69) is 15.9 Å². The van der Waals surface area contributed by atoms with Gasteiger partial charge in [0.25, 0.3) is 0 Å². The first-order chi connectivity index (χ1) is 9.83. The van der Waals surface area contributed by atoms with E-state index in [9.17, 15) is 0 Å². The molecule has 5 nitrogen and oxygen atoms in total. The van der Waals surface area contributed by atoms with Crippen LogP contribution in [0, 0.1) is 0 Å². The van der Waals surface area contributed by atoms with Crippen LogP contribution in [0.25, 0.3) is 0 Å². The summed E-state index contributed by atoms with van der Waals surface area (Å²) in [5.74, 6) is 0.828. The minimum absolute atomic E-state index is 0.0431. The lowest BCUT2D eigenvalue weighted by Crippen LogP contribution is -2.13. The fourth-order valence-corrected chi connectivity index (χ4v) is 1.62. The fourth-order valence-electron chi connectivity index (χ4n) is 1.36. The van der Waals surface area contributed by atoms with Gasteiger partial charge in [0.2, 0.25) is 0 Å². The van der Waals surface area contributed by atoms with E-state index in [4.69, 9.17) is 24.1 Å². The van der Waals surface area contributed by atoms with E-state index in [1.54, 1.807) is 0 Å². The van der Waals surface area contributed by atoms with Crippen LogP contribution in [0.5, 0.6) is 5.75 Å². The topological polar surface area (TPSA) is 57.2 Å². The monoisotopic (exact) mass is 348 g/mol. The van der Waals surface area contributed by atoms with Gasteiger partial charge in [-0.3, -0.25) is 0 Å². The maximum Gasteiger partial charge on any atom is 0.119 e. The van der Waals surface area contributed by atoms with Crippen molar-refractivity contribution in [3.63, 3.8) is 0 Å². The molecule has 0 amide bonds. The number of hydrogen-bond donors (Lipinski definition) is 1. The molecule has 20 heavy (non-hydrogen) atoms. The Kier molecular flexibility index (Phi) is 10.5. The maximum absolute atomic E-state index is 8.49. The van der Waals surface area contributed by atoms with E-state index in [0.717, 1.165) is 10.2 Å². The van der Waals surface area contributed by atoms with Crippen LogP contribution in [-0.4, -0.2) is 58.0 Å². The molecule has 0 saturated heterocycles. The third-order valence-electron chi connectivity index (χ3n) is 2.29. The summed E-state index contributed by atoms with van der Waals surface area (Å²) < 4.78 is 22.2. The molecule has 0 radical (unpaired) electrons. The summed E-state index contributed by atoms with van der Waals surface area (Å²) in [5, 5.41) is 8.49. The Morgan fingerprint density at radius 3 is 1.80 bits per heavy atom. The summed E-state index contributed by atoms with van der Waals surface area (Å²) in [4.78, 5) is 0. The second-order valence-electron chi connectivity index (χ2n) is 3.86. The van der Waals surface area contributed by atoms with Crippen molar-refractivity contribution in [2.75, 3.05) is 52.9 Å². The molecule has 0 fully saturated rings. The molecular formula is C14H21BrO5. The van der Waals surface area contributed by atoms with Crippen LogP contribution in [0.15, 0.2) is 28.7 Å². The molecule has 0 spiro atoms. The Balaban J connectivity index is 1.84. The molecule has 0 bridgehead atoms. The molecule has 1 rings (SSSR count). The molecular weight excluding hydrogens is 328 g/mol. The van der Waals surface area contributed by atoms with Gasteiger partial charge in [-0.1, -0.05) is 15.9 Å². The zero-order chi connectivity index (χ0) is 14.5. The second-order valence-corrected chi connectivity index (χ2v) is 4.78. The van der Waals surface area contributed by atoms with Gasteiger partial charge in [0, 0.05) is 4.47 Å². The Hall–Kier alpha value is -0.660. The Labute approximate surface area is 127 Å². The Morgan fingerprint density at radius 2 is 1.25 bits per heavy atom. The number of benzene rings is 1. The van der Waals surface area contributed by atoms with Gasteiger partial charge in [-0.25, -0.2) is 0 Å². The van der Waals surface area contributed by atoms with Crippen molar-refractivity contribution in [3.8, 4) is 5.75 Å². The van der Waals surface area contributed by atoms with Gasteiger partial charge in [0.15, 0.2) is 0 Å². The van der Waals surface area contributed by atoms with Gasteiger partial charge < -0.3 is 24.1 Å². The van der Waals surface area contributed by atoms with Crippen molar-refractivity contribution in [2.45, 2.75) is 0 Å². The minimum atomic E-state index is 0.0431. The summed E-state index contributed by atoms with van der Waals surface area (Å²) in [6, 6.07) is 7.67. The van der Waals surface area contributed by atoms with Crippen LogP contribution < -0.4 is 4.74 Å². The van der Waals surface area contributed by atoms with Crippen LogP contribution in [0.4, 0.5) is 0 Å². The van der Waals surface area contributed by atoms with E-state index in [0.29, 0.717) is 46.2 Å². The highest BCUT2D eigenvalue weighted by atomic mass is 79.9. The van der Waals surface area contributed by atoms with E-state index in [1.807, 2.05) is 24.3 Å². The van der Waals surface area contributed by atoms with Crippen LogP contribution in [0.2, 0.25) is 0 Å². The highest BCUT2D eigenvalue weighted by Gasteiger charge is 1.94. The molecule has 1 aromatic carbocycles. The lowest BCUT2D eigenvalue weighted by Gasteiger charge is -2.08. The standard InChI is InChI=1S/C14H21BrO5/c15-13-1-3-14(4-2-13)20-12-11-19-10-9-18-8-7-17-6-5-16/h1-4,16H,5-12H2. The number of hydrogen-bond acceptors (Lipinski definition) is 5. The van der Waals surface area contributed by atoms with Crippen LogP contribution in [0.3, 0.4) is 0 Å². The summed E-state index contributed by atoms with van der Waals surface area (Å²) in [7, 11) is 0. The van der Waals surface area contributed by atoms with Crippen molar-refractivity contribution in [3.05, 3.63) is 28.7 Å². The zero-order valence-electron chi connectivity index (χ0n) is 11.4. The molecule has 0 saturated carbocycles. The normalized spacial score (nSPS) is 10.7. The van der Waals surface area contributed by atoms with Crippen molar-refractivity contribution in [1.82, 2.24) is 0 Å². The molecule has 0 aromatic heterocycles. The quantitative estimate of drug-likeness (QED) is 0.584. The molecule has 114 valence electrons. The smallest absolute Gasteiger partial charge is 0.119 e. The van der Waals surface area contributed by atoms with E-state index < -0.39 is 0 Å². The highest BCUT2D eigenvalue weighted by Crippen LogP contribution is 2.15. The van der Waals surface area contributed by atoms with Crippen molar-refractivity contribution >= 4 is 15.9 Å². The van der Waals surface area contributed by atoms with E-state index >= 15 is 0 Å². The summed E-state index contributed by atoms with van der Waals surface area (Å²) in [5.41, 5.74) is 0. The summed E-state index contributed by atoms with van der Waals surface area (Å²) in [6.45, 7) is 3.51. The van der Waals surface area contributed by atoms with Gasteiger partial charge >= 0.3 is 0 Å². The van der Waals surface area contributed by atoms with Crippen LogP contribution >= 0.6 is 15.9 Å². The van der Waals surface area contributed by atoms with Gasteiger partial charge in [-0.05, 0) is 24.3 Å². The lowest BCUT2D eigenvalue weighted by atomic mass is 10.3. The van der Waals surface area contributed by atoms with E-state index in [-0.39, 0.29) is 6.61 Å². The second kappa shape index (κ2) is 12.1. The average molecular weight is 349 g/mol. The van der Waals surface area contributed by atoms with Crippen LogP contribution in [0.1, 0.15) is 0 Å². The Bertz CT molecular complexity index is 331. The predicted octanol–water partition coefficient (Wildman–Crippen LogP) is 1.87. The number of ether oxygens (including phenoxy) is 4. The predicted molar refractivity (Wildman–Crippen MR) is 79.2 cm³/mol. The molecule has 0 aliphatic carbocycles. The molecule has 0 atom stereocenters. The molecule has 0 aliphatic rings. The highest BCUT2D eigenvalue weighted by molar-refractivity contribution is 9.10. The largest absolute Gasteiger partial charge is 0.491 e. The average Bonchev–Trinajstić information content (AvgIpc) is 2.47. The number of halogens is 1. The number of aliphatic hydroxyl groups is 1. The Morgan fingerprint density at radius 1 is 0.750 bits per heavy atom. The van der Waals surface area contributed by atoms with Crippen molar-refractivity contribution in [1.29, 1.82) is 0 Å². The van der Waals surface area contributed by atoms with Gasteiger partial charge in [0.1, 0.15) is 12.4 Å². The van der Waals surface area contributed by atoms with Gasteiger partial charge in [-0.15, -0.1) is 0 Å². The molecule has 6 heteroatoms. The first kappa shape index (κ1) is 17.4. The van der Waals surface area contributed by atoms with Crippen molar-refractivity contribution in [2.24, 2.45) is 0 Å². The first-order valence-corrected chi connectivity index (χ1v) is 7.34. The zero-order valence-corrected chi connectivity index (χ0v) is 13.0. The molecule has 1 N–H and O–H groups in total. The number of rotatable bonds is 12. The molecule has 0 heterocycles. The maximum atomic E-state index is 8.49. The minimum Gasteiger partial charge on any atom is -0.491 e. The van der Waals surface area contributed by atoms with Gasteiger partial charge in [-0.2, -0.15) is 0 Å². The van der Waals surface area contributed by atoms with Crippen LogP contribution in [-0.2, 0) is 14.2 Å². The third kappa shape index (κ3) is 9.28. The SMILES string of the molecule is OCCOCCOCCOCCOc1ccc(Br)cc1. The number of aliphatic hydroxyl groups excluding tert-OH is 1. The van der Waals surface area contributed by atoms with Crippen molar-refractivity contribution < 1.29 is 24.1 Å². The van der Waals surface area contributed by atoms with Gasteiger partial charge in [0.05, 0.1) is 46.2 Å². The van der Waals surface area contributed by atoms with E-state index in [1.165, 1.54) is 0 Å². The molecule has 0 unspecified atom stereocenters. The molecule has 0 aliphatic heterocycles. The third-order valence-corrected chi connectivity index (χ3v) is 2.82. The lowest BCUT2D eigenvalue weighted by molar-refractivity contribution is 0.00361. The first-order valence-electron chi connectivity index (χ1n) is 6.55.